The minimum atomic E-state index is -3.71. The fraction of sp³-hybridized carbons (Fsp3) is 0.583. The van der Waals surface area contributed by atoms with Gasteiger partial charge in [0.05, 0.1) is 0 Å². The number of sulfonamides is 1. The average Bonchev–Trinajstić information content (AvgIpc) is 3.17. The van der Waals surface area contributed by atoms with Crippen LogP contribution in [0.25, 0.3) is 0 Å². The number of carboxylic acid groups (broad SMARTS) is 1. The van der Waals surface area contributed by atoms with Crippen LogP contribution in [-0.4, -0.2) is 57.2 Å². The molecule has 0 atom stereocenters. The van der Waals surface area contributed by atoms with Crippen molar-refractivity contribution in [3.8, 4) is 0 Å². The van der Waals surface area contributed by atoms with Gasteiger partial charge in [-0.1, -0.05) is 0 Å². The highest BCUT2D eigenvalue weighted by Gasteiger charge is 2.33. The van der Waals surface area contributed by atoms with E-state index in [2.05, 4.69) is 0 Å². The second kappa shape index (κ2) is 5.22. The SMILES string of the molecule is O=C(O)c1cc(S(=O)(=O)N2CCS(=O)CC2)cn1C1CC1. The van der Waals surface area contributed by atoms with E-state index in [0.29, 0.717) is 11.5 Å². The van der Waals surface area contributed by atoms with Gasteiger partial charge in [0, 0.05) is 47.6 Å². The molecule has 1 aromatic rings. The molecule has 9 heteroatoms. The molecule has 3 rings (SSSR count). The van der Waals surface area contributed by atoms with Gasteiger partial charge in [-0.2, -0.15) is 4.31 Å². The molecule has 21 heavy (non-hydrogen) atoms. The Morgan fingerprint density at radius 2 is 1.90 bits per heavy atom. The zero-order valence-electron chi connectivity index (χ0n) is 11.3. The van der Waals surface area contributed by atoms with Crippen molar-refractivity contribution in [2.45, 2.75) is 23.8 Å². The van der Waals surface area contributed by atoms with Gasteiger partial charge in [0.2, 0.25) is 10.0 Å². The molecule has 0 radical (unpaired) electrons. The Morgan fingerprint density at radius 1 is 1.29 bits per heavy atom. The van der Waals surface area contributed by atoms with Gasteiger partial charge in [-0.3, -0.25) is 4.21 Å². The number of aromatic carboxylic acids is 1. The Kier molecular flexibility index (Phi) is 3.66. The van der Waals surface area contributed by atoms with E-state index in [1.165, 1.54) is 21.1 Å². The van der Waals surface area contributed by atoms with Gasteiger partial charge in [0.1, 0.15) is 10.6 Å². The number of nitrogens with zero attached hydrogens (tertiary/aromatic N) is 2. The van der Waals surface area contributed by atoms with Crippen LogP contribution < -0.4 is 0 Å². The lowest BCUT2D eigenvalue weighted by Gasteiger charge is -2.24. The van der Waals surface area contributed by atoms with Crippen LogP contribution in [0.15, 0.2) is 17.2 Å². The minimum Gasteiger partial charge on any atom is -0.477 e. The Labute approximate surface area is 125 Å². The molecule has 1 aliphatic heterocycles. The van der Waals surface area contributed by atoms with Crippen molar-refractivity contribution in [2.75, 3.05) is 24.6 Å². The predicted octanol–water partition coefficient (Wildman–Crippen LogP) is 0.274. The average molecular weight is 332 g/mol. The second-order valence-corrected chi connectivity index (χ2v) is 8.89. The van der Waals surface area contributed by atoms with Crippen LogP contribution in [-0.2, 0) is 20.8 Å². The summed E-state index contributed by atoms with van der Waals surface area (Å²) < 4.78 is 39.2. The summed E-state index contributed by atoms with van der Waals surface area (Å²) in [4.78, 5) is 11.3. The van der Waals surface area contributed by atoms with Crippen LogP contribution in [0, 0.1) is 0 Å². The fourth-order valence-corrected chi connectivity index (χ4v) is 5.18. The summed E-state index contributed by atoms with van der Waals surface area (Å²) in [6.45, 7) is 0.428. The van der Waals surface area contributed by atoms with Crippen LogP contribution in [0.1, 0.15) is 29.4 Å². The Balaban J connectivity index is 1.93. The lowest BCUT2D eigenvalue weighted by molar-refractivity contribution is 0.0685. The second-order valence-electron chi connectivity index (χ2n) is 5.26. The van der Waals surface area contributed by atoms with Gasteiger partial charge in [0.25, 0.3) is 0 Å². The summed E-state index contributed by atoms with van der Waals surface area (Å²) in [7, 11) is -4.67. The first-order valence-electron chi connectivity index (χ1n) is 6.70. The molecule has 1 saturated carbocycles. The third-order valence-corrected chi connectivity index (χ3v) is 6.90. The lowest BCUT2D eigenvalue weighted by Crippen LogP contribution is -2.41. The molecule has 7 nitrogen and oxygen atoms in total. The third-order valence-electron chi connectivity index (χ3n) is 3.76. The molecule has 1 aliphatic carbocycles. The topological polar surface area (TPSA) is 96.7 Å². The highest BCUT2D eigenvalue weighted by atomic mass is 32.2. The molecule has 0 unspecified atom stereocenters. The summed E-state index contributed by atoms with van der Waals surface area (Å²) in [5.41, 5.74) is 0.0108. The smallest absolute Gasteiger partial charge is 0.352 e. The van der Waals surface area contributed by atoms with E-state index in [0.717, 1.165) is 12.8 Å². The fourth-order valence-electron chi connectivity index (χ4n) is 2.43. The van der Waals surface area contributed by atoms with Gasteiger partial charge in [-0.05, 0) is 18.9 Å². The molecule has 1 aromatic heterocycles. The molecule has 0 spiro atoms. The van der Waals surface area contributed by atoms with Crippen molar-refractivity contribution in [1.82, 2.24) is 8.87 Å². The van der Waals surface area contributed by atoms with Crippen molar-refractivity contribution in [2.24, 2.45) is 0 Å². The highest BCUT2D eigenvalue weighted by molar-refractivity contribution is 7.89. The largest absolute Gasteiger partial charge is 0.477 e. The van der Waals surface area contributed by atoms with Crippen molar-refractivity contribution >= 4 is 26.8 Å². The summed E-state index contributed by atoms with van der Waals surface area (Å²) in [5.74, 6) is -0.467. The quantitative estimate of drug-likeness (QED) is 0.854. The van der Waals surface area contributed by atoms with E-state index < -0.39 is 26.8 Å². The third kappa shape index (κ3) is 2.77. The molecule has 2 heterocycles. The summed E-state index contributed by atoms with van der Waals surface area (Å²) in [6.07, 6.45) is 3.16. The maximum Gasteiger partial charge on any atom is 0.352 e. The molecule has 116 valence electrons. The highest BCUT2D eigenvalue weighted by Crippen LogP contribution is 2.37. The van der Waals surface area contributed by atoms with E-state index in [1.54, 1.807) is 0 Å². The number of hydrogen-bond acceptors (Lipinski definition) is 4. The number of aromatic nitrogens is 1. The lowest BCUT2D eigenvalue weighted by atomic mass is 10.4. The van der Waals surface area contributed by atoms with Crippen molar-refractivity contribution < 1.29 is 22.5 Å². The zero-order valence-corrected chi connectivity index (χ0v) is 12.9. The monoisotopic (exact) mass is 332 g/mol. The summed E-state index contributed by atoms with van der Waals surface area (Å²) in [6, 6.07) is 1.32. The van der Waals surface area contributed by atoms with Crippen LogP contribution in [0.2, 0.25) is 0 Å². The van der Waals surface area contributed by atoms with E-state index in [4.69, 9.17) is 0 Å². The normalized spacial score (nSPS) is 21.5. The Bertz CT molecular complexity index is 695. The maximum absolute atomic E-state index is 12.5. The van der Waals surface area contributed by atoms with Crippen molar-refractivity contribution in [1.29, 1.82) is 0 Å². The van der Waals surface area contributed by atoms with E-state index in [-0.39, 0.29) is 29.7 Å². The standard InChI is InChI=1S/C12H16N2O5S2/c15-12(16)11-7-10(8-14(11)9-1-2-9)21(18,19)13-3-5-20(17)6-4-13/h7-9H,1-6H2,(H,15,16). The van der Waals surface area contributed by atoms with Crippen LogP contribution >= 0.6 is 0 Å². The molecule has 2 aliphatic rings. The van der Waals surface area contributed by atoms with Crippen LogP contribution in [0.5, 0.6) is 0 Å². The predicted molar refractivity (Wildman–Crippen MR) is 76.3 cm³/mol. The Morgan fingerprint density at radius 3 is 2.43 bits per heavy atom. The number of hydrogen-bond donors (Lipinski definition) is 1. The first-order valence-corrected chi connectivity index (χ1v) is 9.62. The van der Waals surface area contributed by atoms with Gasteiger partial charge in [-0.15, -0.1) is 0 Å². The number of carbonyl (C=O) groups is 1. The van der Waals surface area contributed by atoms with Crippen molar-refractivity contribution in [3.63, 3.8) is 0 Å². The molecule has 1 saturated heterocycles. The van der Waals surface area contributed by atoms with Crippen molar-refractivity contribution in [3.05, 3.63) is 18.0 Å². The number of rotatable bonds is 4. The molecule has 1 N–H and O–H groups in total. The molecule has 0 bridgehead atoms. The van der Waals surface area contributed by atoms with Gasteiger partial charge in [0.15, 0.2) is 0 Å². The molecule has 0 aromatic carbocycles. The molecular weight excluding hydrogens is 316 g/mol. The minimum absolute atomic E-state index is 0.0108. The van der Waals surface area contributed by atoms with Gasteiger partial charge < -0.3 is 9.67 Å². The zero-order chi connectivity index (χ0) is 15.2. The van der Waals surface area contributed by atoms with E-state index in [9.17, 15) is 22.5 Å². The molecular formula is C12H16N2O5S2. The van der Waals surface area contributed by atoms with Gasteiger partial charge in [-0.25, -0.2) is 13.2 Å². The van der Waals surface area contributed by atoms with E-state index >= 15 is 0 Å². The van der Waals surface area contributed by atoms with Gasteiger partial charge >= 0.3 is 5.97 Å². The van der Waals surface area contributed by atoms with E-state index in [1.807, 2.05) is 0 Å². The molecule has 0 amide bonds. The molecule has 2 fully saturated rings. The summed E-state index contributed by atoms with van der Waals surface area (Å²) in [5, 5.41) is 9.20. The first kappa shape index (κ1) is 14.7. The Hall–Kier alpha value is -1.19. The summed E-state index contributed by atoms with van der Waals surface area (Å²) >= 11 is 0. The first-order chi connectivity index (χ1) is 9.89. The number of carboxylic acids is 1. The maximum atomic E-state index is 12.5. The van der Waals surface area contributed by atoms with Crippen LogP contribution in [0.3, 0.4) is 0 Å². The van der Waals surface area contributed by atoms with Crippen LogP contribution in [0.4, 0.5) is 0 Å².